The Morgan fingerprint density at radius 2 is 1.83 bits per heavy atom. The van der Waals surface area contributed by atoms with Crippen molar-refractivity contribution in [3.63, 3.8) is 0 Å². The van der Waals surface area contributed by atoms with Gasteiger partial charge in [-0.2, -0.15) is 13.2 Å². The van der Waals surface area contributed by atoms with Gasteiger partial charge in [-0.15, -0.1) is 0 Å². The molecular formula is C15H11ClF3NO2S. The van der Waals surface area contributed by atoms with E-state index in [-0.39, 0.29) is 15.6 Å². The Morgan fingerprint density at radius 3 is 2.35 bits per heavy atom. The smallest absolute Gasteiger partial charge is 0.417 e. The summed E-state index contributed by atoms with van der Waals surface area (Å²) in [6, 6.07) is 8.08. The van der Waals surface area contributed by atoms with Crippen LogP contribution in [-0.2, 0) is 10.9 Å². The van der Waals surface area contributed by atoms with Crippen molar-refractivity contribution in [2.24, 2.45) is 0 Å². The number of esters is 1. The van der Waals surface area contributed by atoms with E-state index in [1.807, 2.05) is 0 Å². The Balaban J connectivity index is 2.38. The summed E-state index contributed by atoms with van der Waals surface area (Å²) in [6.07, 6.45) is -4.58. The molecule has 0 aliphatic heterocycles. The largest absolute Gasteiger partial charge is 0.465 e. The van der Waals surface area contributed by atoms with E-state index in [9.17, 15) is 18.0 Å². The number of ether oxygens (including phenoxy) is 1. The van der Waals surface area contributed by atoms with Crippen molar-refractivity contribution in [1.82, 2.24) is 0 Å². The van der Waals surface area contributed by atoms with Gasteiger partial charge in [0.25, 0.3) is 0 Å². The molecule has 0 bridgehead atoms. The van der Waals surface area contributed by atoms with Crippen LogP contribution in [0.1, 0.15) is 15.9 Å². The number of hydrogen-bond donors (Lipinski definition) is 1. The molecule has 2 rings (SSSR count). The third-order valence-corrected chi connectivity index (χ3v) is 4.43. The van der Waals surface area contributed by atoms with Gasteiger partial charge in [-0.05, 0) is 36.4 Å². The van der Waals surface area contributed by atoms with E-state index in [4.69, 9.17) is 17.3 Å². The van der Waals surface area contributed by atoms with Crippen molar-refractivity contribution in [2.45, 2.75) is 16.0 Å². The number of rotatable bonds is 3. The summed E-state index contributed by atoms with van der Waals surface area (Å²) in [4.78, 5) is 11.7. The minimum absolute atomic E-state index is 0.0623. The lowest BCUT2D eigenvalue weighted by Gasteiger charge is -2.15. The summed E-state index contributed by atoms with van der Waals surface area (Å²) in [5, 5.41) is -0.0839. The highest BCUT2D eigenvalue weighted by Gasteiger charge is 2.35. The lowest BCUT2D eigenvalue weighted by atomic mass is 10.2. The fourth-order valence-corrected chi connectivity index (χ4v) is 3.12. The molecule has 2 aromatic carbocycles. The molecule has 0 aliphatic rings. The first-order valence-electron chi connectivity index (χ1n) is 6.25. The van der Waals surface area contributed by atoms with Gasteiger partial charge in [0.05, 0.1) is 23.3 Å². The predicted molar refractivity (Wildman–Crippen MR) is 82.8 cm³/mol. The Hall–Kier alpha value is -1.86. The van der Waals surface area contributed by atoms with Gasteiger partial charge in [0.1, 0.15) is 0 Å². The molecule has 0 spiro atoms. The minimum atomic E-state index is -4.58. The van der Waals surface area contributed by atoms with Gasteiger partial charge < -0.3 is 10.5 Å². The molecular weight excluding hydrogens is 351 g/mol. The summed E-state index contributed by atoms with van der Waals surface area (Å²) in [5.41, 5.74) is 4.78. The molecule has 0 aromatic heterocycles. The second-order valence-corrected chi connectivity index (χ2v) is 5.99. The molecule has 0 heterocycles. The maximum atomic E-state index is 13.1. The number of alkyl halides is 3. The SMILES string of the molecule is COC(=O)c1ccc(Sc2c(Cl)cc(N)cc2C(F)(F)F)cc1. The number of anilines is 1. The van der Waals surface area contributed by atoms with E-state index in [1.54, 1.807) is 0 Å². The highest BCUT2D eigenvalue weighted by Crippen LogP contribution is 2.44. The average Bonchev–Trinajstić information content (AvgIpc) is 2.48. The van der Waals surface area contributed by atoms with Gasteiger partial charge >= 0.3 is 12.1 Å². The van der Waals surface area contributed by atoms with E-state index < -0.39 is 17.7 Å². The van der Waals surface area contributed by atoms with Gasteiger partial charge in [-0.1, -0.05) is 23.4 Å². The van der Waals surface area contributed by atoms with E-state index in [0.717, 1.165) is 17.8 Å². The topological polar surface area (TPSA) is 52.3 Å². The summed E-state index contributed by atoms with van der Waals surface area (Å²) < 4.78 is 44.0. The van der Waals surface area contributed by atoms with Gasteiger partial charge in [-0.25, -0.2) is 4.79 Å². The van der Waals surface area contributed by atoms with Crippen LogP contribution in [0.3, 0.4) is 0 Å². The highest BCUT2D eigenvalue weighted by molar-refractivity contribution is 7.99. The molecule has 2 N–H and O–H groups in total. The van der Waals surface area contributed by atoms with Crippen LogP contribution in [0.15, 0.2) is 46.2 Å². The Morgan fingerprint density at radius 1 is 1.22 bits per heavy atom. The third kappa shape index (κ3) is 4.11. The van der Waals surface area contributed by atoms with Gasteiger partial charge in [0.2, 0.25) is 0 Å². The Labute approximate surface area is 139 Å². The third-order valence-electron chi connectivity index (χ3n) is 2.87. The Bertz CT molecular complexity index is 733. The first-order valence-corrected chi connectivity index (χ1v) is 7.44. The number of benzene rings is 2. The molecule has 0 fully saturated rings. The van der Waals surface area contributed by atoms with Crippen LogP contribution in [0.4, 0.5) is 18.9 Å². The van der Waals surface area contributed by atoms with Crippen molar-refractivity contribution in [1.29, 1.82) is 0 Å². The van der Waals surface area contributed by atoms with E-state index >= 15 is 0 Å². The molecule has 23 heavy (non-hydrogen) atoms. The fourth-order valence-electron chi connectivity index (χ4n) is 1.82. The first kappa shape index (κ1) is 17.5. The lowest BCUT2D eigenvalue weighted by Crippen LogP contribution is -2.08. The van der Waals surface area contributed by atoms with Gasteiger partial charge in [-0.3, -0.25) is 0 Å². The molecule has 0 saturated carbocycles. The summed E-state index contributed by atoms with van der Waals surface area (Å²) in [7, 11) is 1.24. The lowest BCUT2D eigenvalue weighted by molar-refractivity contribution is -0.139. The zero-order chi connectivity index (χ0) is 17.2. The van der Waals surface area contributed by atoms with E-state index in [0.29, 0.717) is 10.5 Å². The van der Waals surface area contributed by atoms with Crippen LogP contribution in [0.5, 0.6) is 0 Å². The average molecular weight is 362 g/mol. The second-order valence-electron chi connectivity index (χ2n) is 4.50. The molecule has 0 amide bonds. The number of methoxy groups -OCH3 is 1. The molecule has 0 unspecified atom stereocenters. The molecule has 3 nitrogen and oxygen atoms in total. The molecule has 0 atom stereocenters. The standard InChI is InChI=1S/C15H11ClF3NO2S/c1-22-14(21)8-2-4-10(5-3-8)23-13-11(15(17,18)19)6-9(20)7-12(13)16/h2-7H,20H2,1H3. The number of carbonyl (C=O) groups excluding carboxylic acids is 1. The number of carbonyl (C=O) groups is 1. The van der Waals surface area contributed by atoms with Crippen molar-refractivity contribution >= 4 is 35.0 Å². The summed E-state index contributed by atoms with van der Waals surface area (Å²) >= 11 is 6.76. The van der Waals surface area contributed by atoms with E-state index in [2.05, 4.69) is 4.74 Å². The minimum Gasteiger partial charge on any atom is -0.465 e. The molecule has 2 aromatic rings. The number of halogens is 4. The predicted octanol–water partition coefficient (Wildman–Crippen LogP) is 4.88. The van der Waals surface area contributed by atoms with Crippen molar-refractivity contribution in [2.75, 3.05) is 12.8 Å². The fraction of sp³-hybridized carbons (Fsp3) is 0.133. The van der Waals surface area contributed by atoms with Crippen molar-refractivity contribution in [3.8, 4) is 0 Å². The van der Waals surface area contributed by atoms with Crippen LogP contribution < -0.4 is 5.73 Å². The molecule has 8 heteroatoms. The Kier molecular flexibility index (Phi) is 5.11. The quantitative estimate of drug-likeness (QED) is 0.625. The molecule has 0 aliphatic carbocycles. The normalized spacial score (nSPS) is 11.3. The van der Waals surface area contributed by atoms with Crippen LogP contribution in [-0.4, -0.2) is 13.1 Å². The summed E-state index contributed by atoms with van der Waals surface area (Å²) in [6.45, 7) is 0. The second kappa shape index (κ2) is 6.72. The monoisotopic (exact) mass is 361 g/mol. The van der Waals surface area contributed by atoms with Crippen LogP contribution in [0.2, 0.25) is 5.02 Å². The molecule has 0 radical (unpaired) electrons. The van der Waals surface area contributed by atoms with Crippen LogP contribution in [0, 0.1) is 0 Å². The zero-order valence-electron chi connectivity index (χ0n) is 11.8. The van der Waals surface area contributed by atoms with Gasteiger partial charge in [0.15, 0.2) is 0 Å². The molecule has 122 valence electrons. The maximum absolute atomic E-state index is 13.1. The van der Waals surface area contributed by atoms with E-state index in [1.165, 1.54) is 37.4 Å². The number of nitrogen functional groups attached to an aromatic ring is 1. The van der Waals surface area contributed by atoms with Crippen LogP contribution in [0.25, 0.3) is 0 Å². The van der Waals surface area contributed by atoms with Crippen LogP contribution >= 0.6 is 23.4 Å². The highest BCUT2D eigenvalue weighted by atomic mass is 35.5. The van der Waals surface area contributed by atoms with Crippen molar-refractivity contribution < 1.29 is 22.7 Å². The van der Waals surface area contributed by atoms with Gasteiger partial charge in [0, 0.05) is 15.5 Å². The van der Waals surface area contributed by atoms with Crippen molar-refractivity contribution in [3.05, 3.63) is 52.5 Å². The first-order chi connectivity index (χ1) is 10.7. The summed E-state index contributed by atoms with van der Waals surface area (Å²) in [5.74, 6) is -0.525. The number of hydrogen-bond acceptors (Lipinski definition) is 4. The molecule has 0 saturated heterocycles. The zero-order valence-corrected chi connectivity index (χ0v) is 13.4. The number of nitrogens with two attached hydrogens (primary N) is 1. The maximum Gasteiger partial charge on any atom is 0.417 e.